The minimum atomic E-state index is -3.95. The first-order chi connectivity index (χ1) is 16.2. The highest BCUT2D eigenvalue weighted by Gasteiger charge is 2.21. The summed E-state index contributed by atoms with van der Waals surface area (Å²) in [4.78, 5) is 13.9. The molecule has 0 atom stereocenters. The Labute approximate surface area is 201 Å². The fraction of sp³-hybridized carbons (Fsp3) is 0.222. The number of anilines is 1. The number of hydrogen-bond acceptors (Lipinski definition) is 4. The molecule has 0 heterocycles. The van der Waals surface area contributed by atoms with Crippen LogP contribution in [0.4, 0.5) is 5.69 Å². The van der Waals surface area contributed by atoms with Gasteiger partial charge < -0.3 is 9.64 Å². The normalized spacial score (nSPS) is 11.7. The van der Waals surface area contributed by atoms with E-state index in [0.717, 1.165) is 23.1 Å². The molecule has 3 aromatic rings. The number of nitrogens with one attached hydrogen (secondary N) is 1. The Morgan fingerprint density at radius 2 is 1.65 bits per heavy atom. The predicted molar refractivity (Wildman–Crippen MR) is 138 cm³/mol. The van der Waals surface area contributed by atoms with Crippen LogP contribution in [-0.2, 0) is 10.0 Å². The minimum absolute atomic E-state index is 0.0167. The Morgan fingerprint density at radius 1 is 0.971 bits per heavy atom. The standard InChI is InChI=1S/C27H30N2O4S/c1-6-9-19(2)20-10-8-13-24(17-20)28-34(31,32)26-18-22(14-15-25(26)33-5)21-11-7-12-23(16-21)27(30)29(3)4/h7-18,28H,6H2,1-5H3/b19-9+. The van der Waals surface area contributed by atoms with Crippen molar-refractivity contribution in [2.24, 2.45) is 0 Å². The zero-order chi connectivity index (χ0) is 24.9. The van der Waals surface area contributed by atoms with E-state index in [0.29, 0.717) is 16.8 Å². The molecule has 0 aliphatic heterocycles. The lowest BCUT2D eigenvalue weighted by Crippen LogP contribution is -2.21. The van der Waals surface area contributed by atoms with Crippen molar-refractivity contribution < 1.29 is 17.9 Å². The fourth-order valence-electron chi connectivity index (χ4n) is 3.62. The van der Waals surface area contributed by atoms with E-state index in [9.17, 15) is 13.2 Å². The highest BCUT2D eigenvalue weighted by molar-refractivity contribution is 7.92. The zero-order valence-electron chi connectivity index (χ0n) is 20.1. The maximum atomic E-state index is 13.4. The van der Waals surface area contributed by atoms with E-state index in [2.05, 4.69) is 17.7 Å². The Morgan fingerprint density at radius 3 is 2.32 bits per heavy atom. The van der Waals surface area contributed by atoms with Gasteiger partial charge in [0.05, 0.1) is 7.11 Å². The molecule has 6 nitrogen and oxygen atoms in total. The molecule has 0 fully saturated rings. The molecule has 178 valence electrons. The SMILES string of the molecule is CC/C=C(\C)c1cccc(NS(=O)(=O)c2cc(-c3cccc(C(=O)N(C)C)c3)ccc2OC)c1. The second-order valence-electron chi connectivity index (χ2n) is 8.13. The van der Waals surface area contributed by atoms with Gasteiger partial charge in [-0.15, -0.1) is 0 Å². The lowest BCUT2D eigenvalue weighted by Gasteiger charge is -2.15. The summed E-state index contributed by atoms with van der Waals surface area (Å²) in [6.07, 6.45) is 2.99. The number of rotatable bonds is 8. The molecule has 0 aromatic heterocycles. The maximum Gasteiger partial charge on any atom is 0.265 e. The van der Waals surface area contributed by atoms with E-state index in [1.807, 2.05) is 31.2 Å². The number of carbonyl (C=O) groups excluding carboxylic acids is 1. The van der Waals surface area contributed by atoms with Gasteiger partial charge in [-0.3, -0.25) is 9.52 Å². The second kappa shape index (κ2) is 10.6. The largest absolute Gasteiger partial charge is 0.495 e. The summed E-state index contributed by atoms with van der Waals surface area (Å²) >= 11 is 0. The van der Waals surface area contributed by atoms with E-state index < -0.39 is 10.0 Å². The van der Waals surface area contributed by atoms with Crippen LogP contribution in [0, 0.1) is 0 Å². The summed E-state index contributed by atoms with van der Waals surface area (Å²) in [6.45, 7) is 4.06. The third kappa shape index (κ3) is 5.66. The van der Waals surface area contributed by atoms with Crippen LogP contribution in [0.2, 0.25) is 0 Å². The van der Waals surface area contributed by atoms with Crippen LogP contribution in [0.5, 0.6) is 5.75 Å². The average molecular weight is 479 g/mol. The van der Waals surface area contributed by atoms with Gasteiger partial charge in [0, 0.05) is 25.3 Å². The van der Waals surface area contributed by atoms with Gasteiger partial charge in [-0.2, -0.15) is 0 Å². The van der Waals surface area contributed by atoms with Crippen molar-refractivity contribution in [2.75, 3.05) is 25.9 Å². The first-order valence-electron chi connectivity index (χ1n) is 11.0. The molecule has 0 unspecified atom stereocenters. The minimum Gasteiger partial charge on any atom is -0.495 e. The van der Waals surface area contributed by atoms with E-state index in [1.165, 1.54) is 12.0 Å². The Balaban J connectivity index is 2.01. The van der Waals surface area contributed by atoms with E-state index in [4.69, 9.17) is 4.74 Å². The summed E-state index contributed by atoms with van der Waals surface area (Å²) in [5.41, 5.74) is 4.40. The molecule has 3 rings (SSSR count). The summed E-state index contributed by atoms with van der Waals surface area (Å²) < 4.78 is 34.8. The van der Waals surface area contributed by atoms with Crippen LogP contribution in [0.25, 0.3) is 16.7 Å². The molecule has 0 aliphatic carbocycles. The van der Waals surface area contributed by atoms with Crippen LogP contribution in [0.15, 0.2) is 77.7 Å². The van der Waals surface area contributed by atoms with Crippen LogP contribution in [0.3, 0.4) is 0 Å². The molecule has 1 N–H and O–H groups in total. The number of nitrogens with zero attached hydrogens (tertiary/aromatic N) is 1. The van der Waals surface area contributed by atoms with Gasteiger partial charge in [-0.25, -0.2) is 8.42 Å². The number of amides is 1. The van der Waals surface area contributed by atoms with Crippen LogP contribution in [-0.4, -0.2) is 40.4 Å². The number of sulfonamides is 1. The average Bonchev–Trinajstić information content (AvgIpc) is 2.83. The van der Waals surface area contributed by atoms with E-state index in [1.54, 1.807) is 56.6 Å². The number of ether oxygens (including phenoxy) is 1. The van der Waals surface area contributed by atoms with Gasteiger partial charge in [0.25, 0.3) is 15.9 Å². The molecule has 0 spiro atoms. The Bertz CT molecular complexity index is 1330. The van der Waals surface area contributed by atoms with Crippen molar-refractivity contribution >= 4 is 27.2 Å². The summed E-state index contributed by atoms with van der Waals surface area (Å²) in [6, 6.07) is 19.3. The van der Waals surface area contributed by atoms with Crippen molar-refractivity contribution in [1.82, 2.24) is 4.90 Å². The number of benzene rings is 3. The molecule has 0 aliphatic rings. The van der Waals surface area contributed by atoms with Crippen molar-refractivity contribution in [1.29, 1.82) is 0 Å². The second-order valence-corrected chi connectivity index (χ2v) is 9.78. The van der Waals surface area contributed by atoms with Gasteiger partial charge >= 0.3 is 0 Å². The van der Waals surface area contributed by atoms with Crippen molar-refractivity contribution in [3.05, 3.63) is 83.9 Å². The molecule has 0 saturated carbocycles. The number of carbonyl (C=O) groups is 1. The van der Waals surface area contributed by atoms with Gasteiger partial charge in [0.15, 0.2) is 0 Å². The Hall–Kier alpha value is -3.58. The van der Waals surface area contributed by atoms with Crippen LogP contribution < -0.4 is 9.46 Å². The van der Waals surface area contributed by atoms with Crippen molar-refractivity contribution in [3.8, 4) is 16.9 Å². The zero-order valence-corrected chi connectivity index (χ0v) is 20.9. The third-order valence-corrected chi connectivity index (χ3v) is 6.79. The number of hydrogen-bond donors (Lipinski definition) is 1. The van der Waals surface area contributed by atoms with Gasteiger partial charge in [-0.1, -0.05) is 43.3 Å². The lowest BCUT2D eigenvalue weighted by atomic mass is 10.0. The quantitative estimate of drug-likeness (QED) is 0.452. The predicted octanol–water partition coefficient (Wildman–Crippen LogP) is 5.68. The highest BCUT2D eigenvalue weighted by atomic mass is 32.2. The molecule has 1 amide bonds. The molecular formula is C27H30N2O4S. The van der Waals surface area contributed by atoms with Crippen molar-refractivity contribution in [3.63, 3.8) is 0 Å². The molecule has 0 saturated heterocycles. The smallest absolute Gasteiger partial charge is 0.265 e. The van der Waals surface area contributed by atoms with Crippen LogP contribution in [0.1, 0.15) is 36.2 Å². The Kier molecular flexibility index (Phi) is 7.79. The summed E-state index contributed by atoms with van der Waals surface area (Å²) in [7, 11) is 0.859. The molecule has 0 radical (unpaired) electrons. The maximum absolute atomic E-state index is 13.4. The highest BCUT2D eigenvalue weighted by Crippen LogP contribution is 2.32. The number of methoxy groups -OCH3 is 1. The third-order valence-electron chi connectivity index (χ3n) is 5.38. The molecule has 0 bridgehead atoms. The van der Waals surface area contributed by atoms with Gasteiger partial charge in [0.1, 0.15) is 10.6 Å². The van der Waals surface area contributed by atoms with Crippen LogP contribution >= 0.6 is 0 Å². The molecular weight excluding hydrogens is 448 g/mol. The summed E-state index contributed by atoms with van der Waals surface area (Å²) in [5, 5.41) is 0. The van der Waals surface area contributed by atoms with Gasteiger partial charge in [0.2, 0.25) is 0 Å². The first-order valence-corrected chi connectivity index (χ1v) is 12.4. The van der Waals surface area contributed by atoms with Gasteiger partial charge in [-0.05, 0) is 72.0 Å². The lowest BCUT2D eigenvalue weighted by molar-refractivity contribution is 0.0827. The summed E-state index contributed by atoms with van der Waals surface area (Å²) in [5.74, 6) is 0.104. The monoisotopic (exact) mass is 478 g/mol. The fourth-order valence-corrected chi connectivity index (χ4v) is 4.86. The number of allylic oxidation sites excluding steroid dienone is 2. The van der Waals surface area contributed by atoms with E-state index >= 15 is 0 Å². The van der Waals surface area contributed by atoms with Crippen molar-refractivity contribution in [2.45, 2.75) is 25.2 Å². The molecule has 7 heteroatoms. The topological polar surface area (TPSA) is 75.7 Å². The first kappa shape index (κ1) is 25.1. The van der Waals surface area contributed by atoms with E-state index in [-0.39, 0.29) is 16.6 Å². The molecule has 3 aromatic carbocycles. The molecule has 34 heavy (non-hydrogen) atoms.